The quantitative estimate of drug-likeness (QED) is 0.0321. The summed E-state index contributed by atoms with van der Waals surface area (Å²) >= 11 is 0. The second-order valence-electron chi connectivity index (χ2n) is 19.6. The van der Waals surface area contributed by atoms with Gasteiger partial charge in [0.25, 0.3) is 0 Å². The summed E-state index contributed by atoms with van der Waals surface area (Å²) in [6.07, 6.45) is 67.4. The number of nitrogens with one attached hydrogen (secondary N) is 1. The molecule has 6 nitrogen and oxygen atoms in total. The zero-order chi connectivity index (χ0) is 47.2. The molecule has 6 heteroatoms. The predicted octanol–water partition coefficient (Wildman–Crippen LogP) is 17.6. The van der Waals surface area contributed by atoms with Gasteiger partial charge in [0.1, 0.15) is 0 Å². The van der Waals surface area contributed by atoms with E-state index in [4.69, 9.17) is 4.74 Å². The van der Waals surface area contributed by atoms with Crippen molar-refractivity contribution in [1.29, 1.82) is 0 Å². The third kappa shape index (κ3) is 51.3. The van der Waals surface area contributed by atoms with Crippen LogP contribution in [0.15, 0.2) is 36.5 Å². The number of aliphatic hydroxyl groups is 2. The summed E-state index contributed by atoms with van der Waals surface area (Å²) in [6.45, 7) is 4.88. The number of amides is 1. The number of carbonyl (C=O) groups excluding carboxylic acids is 2. The van der Waals surface area contributed by atoms with Crippen LogP contribution in [-0.2, 0) is 14.3 Å². The minimum atomic E-state index is -0.848. The topological polar surface area (TPSA) is 95.9 Å². The lowest BCUT2D eigenvalue weighted by molar-refractivity contribution is -0.143. The maximum absolute atomic E-state index is 12.4. The first-order valence-corrected chi connectivity index (χ1v) is 28.8. The molecule has 3 N–H and O–H groups in total. The van der Waals surface area contributed by atoms with Gasteiger partial charge in [-0.15, -0.1) is 0 Å². The molecule has 0 fully saturated rings. The summed E-state index contributed by atoms with van der Waals surface area (Å²) < 4.78 is 5.46. The summed E-state index contributed by atoms with van der Waals surface area (Å²) in [7, 11) is 0. The standard InChI is InChI=1S/C59H111NO5/c1-3-5-7-9-11-13-15-27-31-35-39-43-47-51-57(62)56(55-61)60-58(63)52-48-44-40-36-32-29-25-23-21-19-17-18-20-22-24-26-30-34-38-42-46-50-54-65-59(64)53-49-45-41-37-33-28-16-14-12-10-8-6-4-2/h14,16,19,21,47,51,56-57,61-62H,3-13,15,17-18,20,22-46,48-50,52-55H2,1-2H3,(H,60,63)/b16-14-,21-19-,51-47+. The third-order valence-corrected chi connectivity index (χ3v) is 13.1. The molecule has 0 bridgehead atoms. The van der Waals surface area contributed by atoms with Gasteiger partial charge in [-0.2, -0.15) is 0 Å². The Morgan fingerprint density at radius 3 is 1.11 bits per heavy atom. The summed E-state index contributed by atoms with van der Waals surface area (Å²) in [5.74, 6) is -0.0757. The smallest absolute Gasteiger partial charge is 0.305 e. The van der Waals surface area contributed by atoms with E-state index >= 15 is 0 Å². The molecule has 0 heterocycles. The molecule has 0 aromatic rings. The third-order valence-electron chi connectivity index (χ3n) is 13.1. The number of aliphatic hydroxyl groups excluding tert-OH is 2. The van der Waals surface area contributed by atoms with Crippen molar-refractivity contribution in [2.75, 3.05) is 13.2 Å². The number of carbonyl (C=O) groups is 2. The van der Waals surface area contributed by atoms with Crippen LogP contribution < -0.4 is 5.32 Å². The summed E-state index contributed by atoms with van der Waals surface area (Å²) in [5.41, 5.74) is 0. The molecule has 1 amide bonds. The number of hydrogen-bond donors (Lipinski definition) is 3. The minimum absolute atomic E-state index is 0.000271. The molecule has 0 aromatic carbocycles. The fraction of sp³-hybridized carbons (Fsp3) is 0.864. The zero-order valence-corrected chi connectivity index (χ0v) is 43.5. The second kappa shape index (κ2) is 54.7. The van der Waals surface area contributed by atoms with Gasteiger partial charge < -0.3 is 20.3 Å². The van der Waals surface area contributed by atoms with Crippen LogP contribution in [-0.4, -0.2) is 47.4 Å². The van der Waals surface area contributed by atoms with Crippen molar-refractivity contribution in [3.05, 3.63) is 36.5 Å². The Kier molecular flexibility index (Phi) is 53.1. The molecule has 0 aliphatic carbocycles. The monoisotopic (exact) mass is 914 g/mol. The highest BCUT2D eigenvalue weighted by Gasteiger charge is 2.18. The van der Waals surface area contributed by atoms with Crippen molar-refractivity contribution in [2.45, 2.75) is 315 Å². The lowest BCUT2D eigenvalue weighted by Crippen LogP contribution is -2.45. The highest BCUT2D eigenvalue weighted by Crippen LogP contribution is 2.16. The van der Waals surface area contributed by atoms with Gasteiger partial charge in [0.2, 0.25) is 5.91 Å². The molecule has 0 aromatic heterocycles. The number of unbranched alkanes of at least 4 members (excludes halogenated alkanes) is 38. The van der Waals surface area contributed by atoms with E-state index in [1.807, 2.05) is 6.08 Å². The van der Waals surface area contributed by atoms with Crippen molar-refractivity contribution in [2.24, 2.45) is 0 Å². The SMILES string of the molecule is CCCCCC/C=C\CCCCCCCC(=O)OCCCCCCCCCCCCC/C=C\CCCCCCCCCC(=O)NC(CO)C(O)/C=C/CCCCCCCCCCCCC. The van der Waals surface area contributed by atoms with Gasteiger partial charge in [-0.1, -0.05) is 243 Å². The second-order valence-corrected chi connectivity index (χ2v) is 19.6. The van der Waals surface area contributed by atoms with Crippen molar-refractivity contribution in [3.8, 4) is 0 Å². The van der Waals surface area contributed by atoms with Gasteiger partial charge in [-0.3, -0.25) is 9.59 Å². The summed E-state index contributed by atoms with van der Waals surface area (Å²) in [4.78, 5) is 24.4. The Hall–Kier alpha value is -1.92. The van der Waals surface area contributed by atoms with Crippen LogP contribution >= 0.6 is 0 Å². The van der Waals surface area contributed by atoms with Gasteiger partial charge in [-0.05, 0) is 83.5 Å². The molecule has 2 unspecified atom stereocenters. The van der Waals surface area contributed by atoms with Crippen LogP contribution in [0.2, 0.25) is 0 Å². The van der Waals surface area contributed by atoms with Gasteiger partial charge in [0.15, 0.2) is 0 Å². The van der Waals surface area contributed by atoms with Crippen LogP contribution in [0.25, 0.3) is 0 Å². The molecule has 0 aliphatic rings. The van der Waals surface area contributed by atoms with Crippen LogP contribution in [0.3, 0.4) is 0 Å². The van der Waals surface area contributed by atoms with Gasteiger partial charge in [-0.25, -0.2) is 0 Å². The predicted molar refractivity (Wildman–Crippen MR) is 283 cm³/mol. The number of hydrogen-bond acceptors (Lipinski definition) is 5. The van der Waals surface area contributed by atoms with Gasteiger partial charge in [0.05, 0.1) is 25.4 Å². The van der Waals surface area contributed by atoms with Crippen molar-refractivity contribution in [1.82, 2.24) is 5.32 Å². The number of allylic oxidation sites excluding steroid dienone is 5. The largest absolute Gasteiger partial charge is 0.466 e. The first-order chi connectivity index (χ1) is 32.0. The molecule has 0 spiro atoms. The molecular formula is C59H111NO5. The lowest BCUT2D eigenvalue weighted by Gasteiger charge is -2.20. The van der Waals surface area contributed by atoms with Crippen molar-refractivity contribution < 1.29 is 24.5 Å². The maximum atomic E-state index is 12.4. The van der Waals surface area contributed by atoms with Crippen LogP contribution in [0.1, 0.15) is 303 Å². The Morgan fingerprint density at radius 1 is 0.415 bits per heavy atom. The van der Waals surface area contributed by atoms with E-state index in [9.17, 15) is 19.8 Å². The van der Waals surface area contributed by atoms with Crippen LogP contribution in [0.5, 0.6) is 0 Å². The van der Waals surface area contributed by atoms with E-state index in [1.54, 1.807) is 6.08 Å². The number of esters is 1. The first kappa shape index (κ1) is 63.1. The summed E-state index contributed by atoms with van der Waals surface area (Å²) in [5, 5.41) is 23.0. The van der Waals surface area contributed by atoms with E-state index in [0.29, 0.717) is 19.4 Å². The molecule has 2 atom stereocenters. The molecule has 0 radical (unpaired) electrons. The Morgan fingerprint density at radius 2 is 0.723 bits per heavy atom. The molecule has 0 saturated carbocycles. The van der Waals surface area contributed by atoms with Crippen molar-refractivity contribution >= 4 is 11.9 Å². The first-order valence-electron chi connectivity index (χ1n) is 28.8. The Labute approximate surface area is 404 Å². The van der Waals surface area contributed by atoms with Crippen LogP contribution in [0.4, 0.5) is 0 Å². The molecule has 0 aliphatic heterocycles. The van der Waals surface area contributed by atoms with E-state index < -0.39 is 12.1 Å². The Bertz CT molecular complexity index is 1060. The van der Waals surface area contributed by atoms with Crippen molar-refractivity contribution in [3.63, 3.8) is 0 Å². The number of rotatable bonds is 53. The van der Waals surface area contributed by atoms with E-state index in [-0.39, 0.29) is 18.5 Å². The van der Waals surface area contributed by atoms with E-state index in [1.165, 1.54) is 225 Å². The average Bonchev–Trinajstić information content (AvgIpc) is 3.31. The molecular weight excluding hydrogens is 803 g/mol. The molecule has 65 heavy (non-hydrogen) atoms. The highest BCUT2D eigenvalue weighted by molar-refractivity contribution is 5.76. The van der Waals surface area contributed by atoms with Crippen LogP contribution in [0, 0.1) is 0 Å². The van der Waals surface area contributed by atoms with E-state index in [2.05, 4.69) is 43.5 Å². The zero-order valence-electron chi connectivity index (χ0n) is 43.5. The molecule has 382 valence electrons. The summed E-state index contributed by atoms with van der Waals surface area (Å²) in [6, 6.07) is -0.632. The fourth-order valence-corrected chi connectivity index (χ4v) is 8.68. The average molecular weight is 915 g/mol. The molecule has 0 saturated heterocycles. The normalized spacial score (nSPS) is 12.9. The molecule has 0 rings (SSSR count). The number of ether oxygens (including phenoxy) is 1. The highest BCUT2D eigenvalue weighted by atomic mass is 16.5. The minimum Gasteiger partial charge on any atom is -0.466 e. The van der Waals surface area contributed by atoms with Gasteiger partial charge >= 0.3 is 5.97 Å². The lowest BCUT2D eigenvalue weighted by atomic mass is 10.0. The Balaban J connectivity index is 3.44. The van der Waals surface area contributed by atoms with Gasteiger partial charge in [0, 0.05) is 12.8 Å². The maximum Gasteiger partial charge on any atom is 0.305 e. The fourth-order valence-electron chi connectivity index (χ4n) is 8.68. The van der Waals surface area contributed by atoms with E-state index in [0.717, 1.165) is 51.4 Å².